The highest BCUT2D eigenvalue weighted by Gasteiger charge is 2.90. The average molecular weight is 974 g/mol. The van der Waals surface area contributed by atoms with E-state index >= 15 is 0 Å². The Kier molecular flexibility index (Phi) is 9.01. The van der Waals surface area contributed by atoms with Crippen LogP contribution in [0.5, 0.6) is 0 Å². The molecule has 4 unspecified atom stereocenters. The molecule has 0 amide bonds. The number of rotatable bonds is 9. The van der Waals surface area contributed by atoms with E-state index in [1.807, 2.05) is 0 Å². The molecule has 360 valence electrons. The van der Waals surface area contributed by atoms with Gasteiger partial charge in [-0.15, -0.1) is 0 Å². The van der Waals surface area contributed by atoms with Crippen molar-refractivity contribution in [1.29, 1.82) is 0 Å². The molecule has 9 aromatic carbocycles. The standard InChI is InChI=1S/C69H60BN3S/c1-44-29-31-52(32-30-44)72-58-35-36-60(74(3,4)38-37-46-19-9-5-10-20-46)67-65(58)70(57-39-45(2)64-63(66(57)72)54-27-17-18-28-55(54)69(64)61-41-47-40-48-42-62(69)68(47,48)61)56-34-33-53(43-59(56)73(67)51-25-15-8-16-26-51)71(49-21-11-6-12-22-49)50-23-13-7-14-24-50/h5-36,39,43,47-48,61-62H,37-38,40-42H2,1-4H3. The predicted octanol–water partition coefficient (Wildman–Crippen LogP) is 15.5. The average Bonchev–Trinajstić information content (AvgIpc) is 2.59. The van der Waals surface area contributed by atoms with Crippen molar-refractivity contribution < 1.29 is 0 Å². The lowest BCUT2D eigenvalue weighted by atomic mass is 9.11. The van der Waals surface area contributed by atoms with Gasteiger partial charge in [0, 0.05) is 61.4 Å². The number of benzene rings is 9. The zero-order valence-corrected chi connectivity index (χ0v) is 43.6. The molecule has 0 radical (unpaired) electrons. The Morgan fingerprint density at radius 2 is 1.16 bits per heavy atom. The summed E-state index contributed by atoms with van der Waals surface area (Å²) in [7, 11) is -1.40. The van der Waals surface area contributed by atoms with Crippen LogP contribution in [0.15, 0.2) is 211 Å². The first kappa shape index (κ1) is 43.2. The second kappa shape index (κ2) is 15.4. The summed E-state index contributed by atoms with van der Waals surface area (Å²) in [5, 5.41) is 0. The van der Waals surface area contributed by atoms with E-state index < -0.39 is 10.0 Å². The smallest absolute Gasteiger partial charge is 0.252 e. The Hall–Kier alpha value is -7.21. The Morgan fingerprint density at radius 3 is 1.84 bits per heavy atom. The molecule has 9 aromatic rings. The van der Waals surface area contributed by atoms with E-state index in [0.717, 1.165) is 52.9 Å². The topological polar surface area (TPSA) is 9.72 Å². The Bertz CT molecular complexity index is 3700. The number of hydrogen-bond acceptors (Lipinski definition) is 3. The number of anilines is 9. The fraction of sp³-hybridized carbons (Fsp3) is 0.217. The Morgan fingerprint density at radius 1 is 0.554 bits per heavy atom. The molecule has 7 aliphatic rings. The van der Waals surface area contributed by atoms with Crippen LogP contribution < -0.4 is 31.1 Å². The van der Waals surface area contributed by atoms with Gasteiger partial charge in [-0.25, -0.2) is 10.0 Å². The van der Waals surface area contributed by atoms with E-state index in [1.54, 1.807) is 11.1 Å². The summed E-state index contributed by atoms with van der Waals surface area (Å²) in [5.74, 6) is 4.50. The van der Waals surface area contributed by atoms with Crippen molar-refractivity contribution in [3.05, 3.63) is 234 Å². The predicted molar refractivity (Wildman–Crippen MR) is 314 cm³/mol. The molecular formula is C69H60BN3S. The molecule has 0 N–H and O–H groups in total. The zero-order chi connectivity index (χ0) is 49.2. The van der Waals surface area contributed by atoms with Gasteiger partial charge in [0.1, 0.15) is 0 Å². The lowest BCUT2D eigenvalue weighted by Gasteiger charge is -2.92. The van der Waals surface area contributed by atoms with Crippen LogP contribution in [0.25, 0.3) is 11.1 Å². The quantitative estimate of drug-likeness (QED) is 0.133. The van der Waals surface area contributed by atoms with Crippen molar-refractivity contribution in [3.63, 3.8) is 0 Å². The van der Waals surface area contributed by atoms with Gasteiger partial charge in [-0.05, 0) is 204 Å². The lowest BCUT2D eigenvalue weighted by Crippen LogP contribution is -2.88. The van der Waals surface area contributed by atoms with E-state index in [-0.39, 0.29) is 12.1 Å². The highest BCUT2D eigenvalue weighted by atomic mass is 32.3. The largest absolute Gasteiger partial charge is 0.311 e. The van der Waals surface area contributed by atoms with Gasteiger partial charge in [0.05, 0.1) is 5.69 Å². The first-order valence-corrected chi connectivity index (χ1v) is 29.9. The van der Waals surface area contributed by atoms with Crippen LogP contribution in [-0.4, -0.2) is 25.0 Å². The molecule has 0 saturated heterocycles. The summed E-state index contributed by atoms with van der Waals surface area (Å²) in [6, 6.07) is 78.8. The molecule has 5 heteroatoms. The molecule has 5 aliphatic carbocycles. The van der Waals surface area contributed by atoms with Gasteiger partial charge in [-0.3, -0.25) is 0 Å². The van der Waals surface area contributed by atoms with Crippen LogP contribution >= 0.6 is 10.0 Å². The van der Waals surface area contributed by atoms with E-state index in [1.165, 1.54) is 102 Å². The molecule has 4 saturated carbocycles. The third-order valence-electron chi connectivity index (χ3n) is 19.9. The molecule has 74 heavy (non-hydrogen) atoms. The molecule has 4 fully saturated rings. The van der Waals surface area contributed by atoms with Crippen molar-refractivity contribution in [2.24, 2.45) is 29.1 Å². The van der Waals surface area contributed by atoms with Gasteiger partial charge in [0.25, 0.3) is 6.71 Å². The fourth-order valence-corrected chi connectivity index (χ4v) is 19.1. The van der Waals surface area contributed by atoms with E-state index in [2.05, 4.69) is 247 Å². The molecule has 0 bridgehead atoms. The van der Waals surface area contributed by atoms with Crippen molar-refractivity contribution in [1.82, 2.24) is 0 Å². The second-order valence-corrected chi connectivity index (χ2v) is 27.3. The number of hydrogen-bond donors (Lipinski definition) is 0. The fourth-order valence-electron chi connectivity index (χ4n) is 17.0. The molecule has 2 spiro atoms. The van der Waals surface area contributed by atoms with E-state index in [9.17, 15) is 0 Å². The molecule has 16 rings (SSSR count). The minimum Gasteiger partial charge on any atom is -0.311 e. The first-order valence-electron chi connectivity index (χ1n) is 27.2. The molecule has 2 aliphatic heterocycles. The number of nitrogens with zero attached hydrogens (tertiary/aromatic N) is 3. The van der Waals surface area contributed by atoms with Crippen molar-refractivity contribution >= 4 is 84.3 Å². The SMILES string of the molecule is Cc1ccc(N2c3ccc(S(C)(C)CCc4ccccc4)c4c3B(c3ccc(N(c5ccccc5)c5ccccc5)cc3N4c3ccccc3)c3cc(C)c4c(c32)-c2ccccc2C42C3CC4CC5CC2C453)cc1. The molecule has 3 nitrogen and oxygen atoms in total. The van der Waals surface area contributed by atoms with Gasteiger partial charge >= 0.3 is 0 Å². The summed E-state index contributed by atoms with van der Waals surface area (Å²) < 4.78 is 0. The highest BCUT2D eigenvalue weighted by molar-refractivity contribution is 8.32. The summed E-state index contributed by atoms with van der Waals surface area (Å²) in [4.78, 5) is 9.34. The Labute approximate surface area is 438 Å². The van der Waals surface area contributed by atoms with Gasteiger partial charge in [0.2, 0.25) is 0 Å². The highest BCUT2D eigenvalue weighted by Crippen LogP contribution is 2.95. The summed E-state index contributed by atoms with van der Waals surface area (Å²) >= 11 is 0. The molecule has 2 heterocycles. The molecular weight excluding hydrogens is 914 g/mol. The Balaban J connectivity index is 1.00. The summed E-state index contributed by atoms with van der Waals surface area (Å²) in [6.07, 6.45) is 10.5. The second-order valence-electron chi connectivity index (χ2n) is 23.3. The maximum absolute atomic E-state index is 2.74. The molecule has 0 aromatic heterocycles. The van der Waals surface area contributed by atoms with Crippen molar-refractivity contribution in [2.75, 3.05) is 33.0 Å². The monoisotopic (exact) mass is 973 g/mol. The van der Waals surface area contributed by atoms with Crippen LogP contribution in [0.3, 0.4) is 0 Å². The summed E-state index contributed by atoms with van der Waals surface area (Å²) in [5.41, 5.74) is 26.5. The maximum atomic E-state index is 2.74. The van der Waals surface area contributed by atoms with Gasteiger partial charge < -0.3 is 14.7 Å². The normalized spacial score (nSPS) is 23.6. The minimum absolute atomic E-state index is 0.0138. The van der Waals surface area contributed by atoms with Crippen LogP contribution in [0.4, 0.5) is 51.2 Å². The van der Waals surface area contributed by atoms with Crippen LogP contribution in [-0.2, 0) is 11.8 Å². The number of aryl methyl sites for hydroxylation is 3. The maximum Gasteiger partial charge on any atom is 0.252 e. The van der Waals surface area contributed by atoms with Gasteiger partial charge in [-0.2, -0.15) is 0 Å². The van der Waals surface area contributed by atoms with Crippen molar-refractivity contribution in [3.8, 4) is 11.1 Å². The third kappa shape index (κ3) is 5.46. The minimum atomic E-state index is -1.40. The summed E-state index contributed by atoms with van der Waals surface area (Å²) in [6.45, 7) is 4.72. The van der Waals surface area contributed by atoms with Crippen molar-refractivity contribution in [2.45, 2.75) is 49.8 Å². The number of para-hydroxylation sites is 3. The van der Waals surface area contributed by atoms with Gasteiger partial charge in [0.15, 0.2) is 0 Å². The first-order chi connectivity index (χ1) is 36.3. The van der Waals surface area contributed by atoms with Crippen LogP contribution in [0.2, 0.25) is 0 Å². The lowest BCUT2D eigenvalue weighted by molar-refractivity contribution is -0.412. The van der Waals surface area contributed by atoms with Crippen LogP contribution in [0, 0.1) is 42.9 Å². The third-order valence-corrected chi connectivity index (χ3v) is 22.6. The molecule has 4 atom stereocenters. The van der Waals surface area contributed by atoms with E-state index in [0.29, 0.717) is 5.41 Å². The number of fused-ring (bicyclic) bond motifs is 12. The zero-order valence-electron chi connectivity index (χ0n) is 42.8. The van der Waals surface area contributed by atoms with E-state index in [4.69, 9.17) is 0 Å². The van der Waals surface area contributed by atoms with Crippen LogP contribution in [0.1, 0.15) is 47.1 Å². The van der Waals surface area contributed by atoms with Gasteiger partial charge in [-0.1, -0.05) is 139 Å².